The minimum atomic E-state index is -0.687. The van der Waals surface area contributed by atoms with Gasteiger partial charge in [0, 0.05) is 13.0 Å². The number of carboxylic acids is 1. The van der Waals surface area contributed by atoms with E-state index in [2.05, 4.69) is 27.3 Å². The maximum Gasteiger partial charge on any atom is 0.303 e. The van der Waals surface area contributed by atoms with E-state index in [-0.39, 0.29) is 0 Å². The van der Waals surface area contributed by atoms with E-state index in [4.69, 9.17) is 5.11 Å². The van der Waals surface area contributed by atoms with Crippen molar-refractivity contribution in [1.29, 1.82) is 0 Å². The van der Waals surface area contributed by atoms with Crippen LogP contribution in [0.5, 0.6) is 0 Å². The van der Waals surface area contributed by atoms with Crippen molar-refractivity contribution in [2.75, 3.05) is 13.1 Å². The smallest absolute Gasteiger partial charge is 0.303 e. The zero-order valence-electron chi connectivity index (χ0n) is 12.7. The van der Waals surface area contributed by atoms with Crippen molar-refractivity contribution < 1.29 is 9.90 Å². The fourth-order valence-corrected chi connectivity index (χ4v) is 2.78. The first kappa shape index (κ1) is 15.9. The molecule has 1 aliphatic rings. The van der Waals surface area contributed by atoms with Gasteiger partial charge in [-0.05, 0) is 55.1 Å². The molecule has 1 saturated heterocycles. The summed E-state index contributed by atoms with van der Waals surface area (Å²) in [4.78, 5) is 13.0. The van der Waals surface area contributed by atoms with E-state index >= 15 is 0 Å². The van der Waals surface area contributed by atoms with E-state index in [0.717, 1.165) is 64.1 Å². The number of piperidine rings is 1. The summed E-state index contributed by atoms with van der Waals surface area (Å²) >= 11 is 0. The minimum Gasteiger partial charge on any atom is -0.481 e. The lowest BCUT2D eigenvalue weighted by Crippen LogP contribution is -2.34. The molecule has 0 aromatic carbocycles. The molecule has 0 bridgehead atoms. The standard InChI is InChI=1S/C14H25N5O2/c1-2-3-8-19-13(15-16-17-19)11-18-9-6-12(7-10-18)4-5-14(20)21/h12H,2-11H2,1H3,(H,20,21). The number of hydrogen-bond acceptors (Lipinski definition) is 5. The first-order chi connectivity index (χ1) is 10.2. The maximum absolute atomic E-state index is 10.6. The molecule has 7 heteroatoms. The third kappa shape index (κ3) is 5.08. The van der Waals surface area contributed by atoms with Gasteiger partial charge in [-0.25, -0.2) is 4.68 Å². The Morgan fingerprint density at radius 3 is 2.81 bits per heavy atom. The summed E-state index contributed by atoms with van der Waals surface area (Å²) in [7, 11) is 0. The van der Waals surface area contributed by atoms with Crippen LogP contribution >= 0.6 is 0 Å². The van der Waals surface area contributed by atoms with Crippen LogP contribution < -0.4 is 0 Å². The second-order valence-corrected chi connectivity index (χ2v) is 5.82. The van der Waals surface area contributed by atoms with Crippen molar-refractivity contribution in [3.05, 3.63) is 5.82 Å². The summed E-state index contributed by atoms with van der Waals surface area (Å²) in [6, 6.07) is 0. The average molecular weight is 295 g/mol. The fraction of sp³-hybridized carbons (Fsp3) is 0.857. The molecule has 2 rings (SSSR count). The molecule has 0 atom stereocenters. The Labute approximate surface area is 125 Å². The monoisotopic (exact) mass is 295 g/mol. The van der Waals surface area contributed by atoms with Crippen LogP contribution in [0, 0.1) is 5.92 Å². The van der Waals surface area contributed by atoms with Gasteiger partial charge in [-0.1, -0.05) is 13.3 Å². The predicted molar refractivity (Wildman–Crippen MR) is 77.6 cm³/mol. The second kappa shape index (κ2) is 8.07. The van der Waals surface area contributed by atoms with E-state index in [0.29, 0.717) is 12.3 Å². The Kier molecular flexibility index (Phi) is 6.10. The van der Waals surface area contributed by atoms with Crippen molar-refractivity contribution in [1.82, 2.24) is 25.1 Å². The Morgan fingerprint density at radius 2 is 2.14 bits per heavy atom. The van der Waals surface area contributed by atoms with Crippen molar-refractivity contribution in [3.8, 4) is 0 Å². The highest BCUT2D eigenvalue weighted by molar-refractivity contribution is 5.66. The van der Waals surface area contributed by atoms with E-state index in [1.54, 1.807) is 0 Å². The minimum absolute atomic E-state index is 0.292. The van der Waals surface area contributed by atoms with Crippen LogP contribution in [-0.4, -0.2) is 49.3 Å². The Balaban J connectivity index is 1.75. The van der Waals surface area contributed by atoms with E-state index in [9.17, 15) is 4.79 Å². The highest BCUT2D eigenvalue weighted by atomic mass is 16.4. The van der Waals surface area contributed by atoms with Crippen molar-refractivity contribution in [3.63, 3.8) is 0 Å². The molecule has 0 amide bonds. The first-order valence-corrected chi connectivity index (χ1v) is 7.88. The van der Waals surface area contributed by atoms with Crippen LogP contribution in [0.25, 0.3) is 0 Å². The van der Waals surface area contributed by atoms with Gasteiger partial charge < -0.3 is 5.11 Å². The van der Waals surface area contributed by atoms with Gasteiger partial charge in [0.1, 0.15) is 0 Å². The number of rotatable bonds is 8. The van der Waals surface area contributed by atoms with E-state index < -0.39 is 5.97 Å². The Morgan fingerprint density at radius 1 is 1.38 bits per heavy atom. The number of carboxylic acid groups (broad SMARTS) is 1. The number of aryl methyl sites for hydroxylation is 1. The zero-order valence-corrected chi connectivity index (χ0v) is 12.7. The van der Waals surface area contributed by atoms with Gasteiger partial charge in [-0.15, -0.1) is 5.10 Å². The number of aliphatic carboxylic acids is 1. The normalized spacial score (nSPS) is 17.2. The van der Waals surface area contributed by atoms with Crippen LogP contribution in [-0.2, 0) is 17.9 Å². The van der Waals surface area contributed by atoms with Gasteiger partial charge in [0.05, 0.1) is 6.54 Å². The molecular weight excluding hydrogens is 270 g/mol. The van der Waals surface area contributed by atoms with Gasteiger partial charge in [-0.2, -0.15) is 0 Å². The van der Waals surface area contributed by atoms with Crippen LogP contribution in [0.2, 0.25) is 0 Å². The van der Waals surface area contributed by atoms with Crippen LogP contribution in [0.15, 0.2) is 0 Å². The molecule has 118 valence electrons. The maximum atomic E-state index is 10.6. The number of nitrogens with zero attached hydrogens (tertiary/aromatic N) is 5. The molecule has 0 spiro atoms. The third-order valence-corrected chi connectivity index (χ3v) is 4.17. The SMILES string of the molecule is CCCCn1nnnc1CN1CCC(CCC(=O)O)CC1. The topological polar surface area (TPSA) is 84.1 Å². The molecule has 1 aromatic heterocycles. The molecule has 2 heterocycles. The van der Waals surface area contributed by atoms with Crippen molar-refractivity contribution in [2.24, 2.45) is 5.92 Å². The zero-order chi connectivity index (χ0) is 15.1. The summed E-state index contributed by atoms with van der Waals surface area (Å²) in [5.41, 5.74) is 0. The van der Waals surface area contributed by atoms with Crippen LogP contribution in [0.3, 0.4) is 0 Å². The molecule has 1 aromatic rings. The fourth-order valence-electron chi connectivity index (χ4n) is 2.78. The van der Waals surface area contributed by atoms with Crippen LogP contribution in [0.1, 0.15) is 51.3 Å². The van der Waals surface area contributed by atoms with Gasteiger partial charge in [-0.3, -0.25) is 9.69 Å². The first-order valence-electron chi connectivity index (χ1n) is 7.88. The van der Waals surface area contributed by atoms with Gasteiger partial charge in [0.25, 0.3) is 0 Å². The van der Waals surface area contributed by atoms with Gasteiger partial charge >= 0.3 is 5.97 Å². The second-order valence-electron chi connectivity index (χ2n) is 5.82. The number of hydrogen-bond donors (Lipinski definition) is 1. The number of carbonyl (C=O) groups is 1. The molecular formula is C14H25N5O2. The van der Waals surface area contributed by atoms with Gasteiger partial charge in [0.15, 0.2) is 5.82 Å². The quantitative estimate of drug-likeness (QED) is 0.783. The number of tetrazole rings is 1. The summed E-state index contributed by atoms with van der Waals surface area (Å²) in [6.07, 6.45) is 5.47. The van der Waals surface area contributed by atoms with Crippen molar-refractivity contribution >= 4 is 5.97 Å². The predicted octanol–water partition coefficient (Wildman–Crippen LogP) is 1.55. The lowest BCUT2D eigenvalue weighted by Gasteiger charge is -2.31. The summed E-state index contributed by atoms with van der Waals surface area (Å²) in [5.74, 6) is 0.799. The average Bonchev–Trinajstić information content (AvgIpc) is 2.91. The molecule has 0 radical (unpaired) electrons. The third-order valence-electron chi connectivity index (χ3n) is 4.17. The number of likely N-dealkylation sites (tertiary alicyclic amines) is 1. The van der Waals surface area contributed by atoms with E-state index in [1.165, 1.54) is 0 Å². The summed E-state index contributed by atoms with van der Waals surface area (Å²) in [5, 5.41) is 20.7. The Bertz CT molecular complexity index is 440. The number of unbranched alkanes of at least 4 members (excludes halogenated alkanes) is 1. The molecule has 0 saturated carbocycles. The highest BCUT2D eigenvalue weighted by Crippen LogP contribution is 2.22. The number of aromatic nitrogens is 4. The largest absolute Gasteiger partial charge is 0.481 e. The molecule has 7 nitrogen and oxygen atoms in total. The molecule has 0 unspecified atom stereocenters. The molecule has 1 fully saturated rings. The summed E-state index contributed by atoms with van der Waals surface area (Å²) in [6.45, 7) is 5.85. The lowest BCUT2D eigenvalue weighted by atomic mass is 9.92. The molecule has 21 heavy (non-hydrogen) atoms. The van der Waals surface area contributed by atoms with E-state index in [1.807, 2.05) is 4.68 Å². The molecule has 0 aliphatic carbocycles. The van der Waals surface area contributed by atoms with Gasteiger partial charge in [0.2, 0.25) is 0 Å². The molecule has 1 aliphatic heterocycles. The lowest BCUT2D eigenvalue weighted by molar-refractivity contribution is -0.137. The van der Waals surface area contributed by atoms with Crippen LogP contribution in [0.4, 0.5) is 0 Å². The summed E-state index contributed by atoms with van der Waals surface area (Å²) < 4.78 is 1.90. The van der Waals surface area contributed by atoms with Crippen molar-refractivity contribution in [2.45, 2.75) is 58.5 Å². The highest BCUT2D eigenvalue weighted by Gasteiger charge is 2.21. The Hall–Kier alpha value is -1.50. The molecule has 1 N–H and O–H groups in total.